The molecule has 30 heavy (non-hydrogen) atoms. The molecule has 1 heteroatoms. The molecule has 0 aromatic heterocycles. The summed E-state index contributed by atoms with van der Waals surface area (Å²) in [4.78, 5) is 0. The Hall–Kier alpha value is -0.300. The fourth-order valence-electron chi connectivity index (χ4n) is 9.60. The molecule has 0 aliphatic heterocycles. The molecule has 0 bridgehead atoms. The van der Waals surface area contributed by atoms with Gasteiger partial charge in [0.25, 0.3) is 0 Å². The molecule has 0 heterocycles. The summed E-state index contributed by atoms with van der Waals surface area (Å²) in [7, 11) is 0. The second-order valence-corrected chi connectivity index (χ2v) is 12.9. The monoisotopic (exact) mass is 414 g/mol. The van der Waals surface area contributed by atoms with Crippen molar-refractivity contribution < 1.29 is 5.11 Å². The molecule has 2 unspecified atom stereocenters. The van der Waals surface area contributed by atoms with Gasteiger partial charge in [-0.1, -0.05) is 53.5 Å². The van der Waals surface area contributed by atoms with Crippen LogP contribution in [0.25, 0.3) is 0 Å². The summed E-state index contributed by atoms with van der Waals surface area (Å²) in [5.74, 6) is 6.00. The van der Waals surface area contributed by atoms with Gasteiger partial charge in [0, 0.05) is 0 Å². The zero-order chi connectivity index (χ0) is 21.7. The number of aliphatic hydroxyl groups excluding tert-OH is 1. The van der Waals surface area contributed by atoms with Crippen LogP contribution >= 0.6 is 0 Å². The lowest BCUT2D eigenvalue weighted by molar-refractivity contribution is -0.118. The Balaban J connectivity index is 1.49. The summed E-state index contributed by atoms with van der Waals surface area (Å²) in [6.45, 7) is 16.3. The predicted octanol–water partition coefficient (Wildman–Crippen LogP) is 7.88. The Morgan fingerprint density at radius 1 is 0.900 bits per heavy atom. The summed E-state index contributed by atoms with van der Waals surface area (Å²) >= 11 is 0. The number of hydrogen-bond acceptors (Lipinski definition) is 1. The highest BCUT2D eigenvalue weighted by Crippen LogP contribution is 2.68. The zero-order valence-corrected chi connectivity index (χ0v) is 20.7. The third kappa shape index (κ3) is 3.64. The van der Waals surface area contributed by atoms with Crippen LogP contribution in [0.1, 0.15) is 105 Å². The fourth-order valence-corrected chi connectivity index (χ4v) is 9.60. The van der Waals surface area contributed by atoms with Gasteiger partial charge in [-0.3, -0.25) is 0 Å². The predicted molar refractivity (Wildman–Crippen MR) is 128 cm³/mol. The molecule has 10 atom stereocenters. The van der Waals surface area contributed by atoms with E-state index in [4.69, 9.17) is 0 Å². The van der Waals surface area contributed by atoms with E-state index in [2.05, 4.69) is 47.3 Å². The maximum absolute atomic E-state index is 11.2. The van der Waals surface area contributed by atoms with E-state index in [9.17, 15) is 5.11 Å². The highest BCUT2D eigenvalue weighted by atomic mass is 16.3. The quantitative estimate of drug-likeness (QED) is 0.438. The first-order valence-corrected chi connectivity index (χ1v) is 13.5. The topological polar surface area (TPSA) is 20.2 Å². The first-order chi connectivity index (χ1) is 14.2. The van der Waals surface area contributed by atoms with Gasteiger partial charge in [-0.2, -0.15) is 0 Å². The van der Waals surface area contributed by atoms with Crippen molar-refractivity contribution in [3.05, 3.63) is 12.7 Å². The van der Waals surface area contributed by atoms with E-state index in [-0.39, 0.29) is 6.10 Å². The Bertz CT molecular complexity index is 609. The molecule has 1 nitrogen and oxygen atoms in total. The molecule has 0 aromatic carbocycles. The maximum Gasteiger partial charge on any atom is 0.0574 e. The van der Waals surface area contributed by atoms with Crippen LogP contribution in [-0.2, 0) is 0 Å². The van der Waals surface area contributed by atoms with Crippen LogP contribution in [0.15, 0.2) is 12.7 Å². The van der Waals surface area contributed by atoms with E-state index >= 15 is 0 Å². The van der Waals surface area contributed by atoms with Gasteiger partial charge in [-0.25, -0.2) is 0 Å². The first-order valence-electron chi connectivity index (χ1n) is 13.5. The van der Waals surface area contributed by atoms with Crippen molar-refractivity contribution in [1.82, 2.24) is 0 Å². The van der Waals surface area contributed by atoms with E-state index < -0.39 is 0 Å². The first kappa shape index (κ1) is 22.9. The third-order valence-electron chi connectivity index (χ3n) is 11.6. The van der Waals surface area contributed by atoms with Gasteiger partial charge in [0.15, 0.2) is 0 Å². The standard InChI is InChI=1S/C29H50O/c1-7-21(19(2)3)18-27(30)20(4)24-13-14-25-23-12-11-22-10-8-9-16-28(22,5)26(23)15-17-29(24,25)6/h7,19-27,30H,1,8-18H2,2-6H3/t20-,21+,22?,23-,24+,25-,26-,27?,28-,29+/m0/s1. The maximum atomic E-state index is 11.2. The van der Waals surface area contributed by atoms with Crippen LogP contribution in [0.3, 0.4) is 0 Å². The van der Waals surface area contributed by atoms with E-state index in [0.29, 0.717) is 34.5 Å². The smallest absolute Gasteiger partial charge is 0.0574 e. The van der Waals surface area contributed by atoms with E-state index in [1.165, 1.54) is 64.2 Å². The molecule has 0 aromatic rings. The Labute approximate surface area is 187 Å². The van der Waals surface area contributed by atoms with Crippen LogP contribution < -0.4 is 0 Å². The van der Waals surface area contributed by atoms with Gasteiger partial charge in [0.1, 0.15) is 0 Å². The molecule has 0 saturated heterocycles. The van der Waals surface area contributed by atoms with Crippen molar-refractivity contribution in [2.24, 2.45) is 58.2 Å². The SMILES string of the molecule is C=C[C@H](CC(O)[C@@H](C)[C@H]1CC[C@H]2[C@@H]3CCC4CCCC[C@]4(C)[C@H]3CC[C@]12C)C(C)C. The molecule has 4 rings (SSSR count). The molecule has 4 fully saturated rings. The minimum atomic E-state index is -0.180. The average Bonchev–Trinajstić information content (AvgIpc) is 3.07. The van der Waals surface area contributed by atoms with Crippen LogP contribution in [-0.4, -0.2) is 11.2 Å². The molecule has 4 aliphatic carbocycles. The summed E-state index contributed by atoms with van der Waals surface area (Å²) in [6, 6.07) is 0. The molecule has 0 amide bonds. The summed E-state index contributed by atoms with van der Waals surface area (Å²) in [5.41, 5.74) is 1.10. The lowest BCUT2D eigenvalue weighted by Gasteiger charge is -2.61. The van der Waals surface area contributed by atoms with Crippen molar-refractivity contribution in [2.75, 3.05) is 0 Å². The van der Waals surface area contributed by atoms with Gasteiger partial charge in [0.2, 0.25) is 0 Å². The third-order valence-corrected chi connectivity index (χ3v) is 11.6. The minimum Gasteiger partial charge on any atom is -0.393 e. The second-order valence-electron chi connectivity index (χ2n) is 12.9. The minimum absolute atomic E-state index is 0.180. The van der Waals surface area contributed by atoms with E-state index in [0.717, 1.165) is 30.1 Å². The van der Waals surface area contributed by atoms with Crippen LogP contribution in [0.4, 0.5) is 0 Å². The van der Waals surface area contributed by atoms with Crippen molar-refractivity contribution in [3.63, 3.8) is 0 Å². The highest BCUT2D eigenvalue weighted by Gasteiger charge is 2.60. The second kappa shape index (κ2) is 8.57. The number of aliphatic hydroxyl groups is 1. The van der Waals surface area contributed by atoms with Crippen molar-refractivity contribution in [1.29, 1.82) is 0 Å². The highest BCUT2D eigenvalue weighted by molar-refractivity contribution is 5.09. The van der Waals surface area contributed by atoms with Crippen LogP contribution in [0.2, 0.25) is 0 Å². The van der Waals surface area contributed by atoms with Crippen molar-refractivity contribution in [2.45, 2.75) is 111 Å². The normalized spacial score (nSPS) is 46.4. The molecule has 0 radical (unpaired) electrons. The molecule has 4 aliphatic rings. The summed E-state index contributed by atoms with van der Waals surface area (Å²) < 4.78 is 0. The van der Waals surface area contributed by atoms with E-state index in [1.54, 1.807) is 0 Å². The van der Waals surface area contributed by atoms with Gasteiger partial charge < -0.3 is 5.11 Å². The molecule has 4 saturated carbocycles. The number of hydrogen-bond donors (Lipinski definition) is 1. The lowest BCUT2D eigenvalue weighted by atomic mass is 9.44. The lowest BCUT2D eigenvalue weighted by Crippen LogP contribution is -2.53. The number of fused-ring (bicyclic) bond motifs is 5. The summed E-state index contributed by atoms with van der Waals surface area (Å²) in [5, 5.41) is 11.2. The molecular weight excluding hydrogens is 364 g/mol. The van der Waals surface area contributed by atoms with Gasteiger partial charge in [0.05, 0.1) is 6.10 Å². The van der Waals surface area contributed by atoms with Crippen LogP contribution in [0, 0.1) is 58.2 Å². The number of allylic oxidation sites excluding steroid dienone is 1. The Morgan fingerprint density at radius 3 is 2.33 bits per heavy atom. The van der Waals surface area contributed by atoms with Gasteiger partial charge in [-0.05, 0) is 116 Å². The fraction of sp³-hybridized carbons (Fsp3) is 0.931. The molecule has 1 N–H and O–H groups in total. The summed E-state index contributed by atoms with van der Waals surface area (Å²) in [6.07, 6.45) is 17.4. The van der Waals surface area contributed by atoms with Gasteiger partial charge in [-0.15, -0.1) is 6.58 Å². The molecule has 172 valence electrons. The zero-order valence-electron chi connectivity index (χ0n) is 20.7. The van der Waals surface area contributed by atoms with Crippen molar-refractivity contribution in [3.8, 4) is 0 Å². The van der Waals surface area contributed by atoms with Crippen molar-refractivity contribution >= 4 is 0 Å². The average molecular weight is 415 g/mol. The number of rotatable bonds is 6. The Morgan fingerprint density at radius 2 is 1.63 bits per heavy atom. The Kier molecular flexibility index (Phi) is 6.53. The largest absolute Gasteiger partial charge is 0.393 e. The molecular formula is C29H50O. The van der Waals surface area contributed by atoms with E-state index in [1.807, 2.05) is 0 Å². The van der Waals surface area contributed by atoms with Crippen LogP contribution in [0.5, 0.6) is 0 Å². The molecule has 0 spiro atoms. The van der Waals surface area contributed by atoms with Gasteiger partial charge >= 0.3 is 0 Å².